The first-order valence-electron chi connectivity index (χ1n) is 3.66. The predicted octanol–water partition coefficient (Wildman–Crippen LogP) is -0.321. The van der Waals surface area contributed by atoms with Gasteiger partial charge in [0, 0.05) is 6.04 Å². The van der Waals surface area contributed by atoms with Crippen LogP contribution in [0, 0.1) is 5.92 Å². The highest BCUT2D eigenvalue weighted by molar-refractivity contribution is 5.85. The molecule has 0 radical (unpaired) electrons. The van der Waals surface area contributed by atoms with Gasteiger partial charge in [-0.3, -0.25) is 4.79 Å². The number of aliphatic hydroxyl groups is 1. The highest BCUT2D eigenvalue weighted by atomic mass is 35.5. The van der Waals surface area contributed by atoms with Crippen LogP contribution in [0.2, 0.25) is 0 Å². The molecule has 1 aliphatic rings. The third-order valence-corrected chi connectivity index (χ3v) is 2.11. The second-order valence-electron chi connectivity index (χ2n) is 2.92. The Bertz CT molecular complexity index is 155. The van der Waals surface area contributed by atoms with E-state index >= 15 is 0 Å². The first kappa shape index (κ1) is 11.7. The van der Waals surface area contributed by atoms with Crippen molar-refractivity contribution >= 4 is 18.4 Å². The molecule has 0 bridgehead atoms. The molecule has 4 nitrogen and oxygen atoms in total. The first-order valence-corrected chi connectivity index (χ1v) is 3.66. The summed E-state index contributed by atoms with van der Waals surface area (Å²) in [6.45, 7) is 0. The summed E-state index contributed by atoms with van der Waals surface area (Å²) in [5.41, 5.74) is 5.50. The van der Waals surface area contributed by atoms with Gasteiger partial charge in [0.1, 0.15) is 0 Å². The number of hydrogen-bond acceptors (Lipinski definition) is 4. The summed E-state index contributed by atoms with van der Waals surface area (Å²) < 4.78 is 4.53. The number of carbonyl (C=O) groups excluding carboxylic acids is 1. The van der Waals surface area contributed by atoms with Gasteiger partial charge in [0.05, 0.1) is 19.1 Å². The minimum absolute atomic E-state index is 0. The van der Waals surface area contributed by atoms with Crippen LogP contribution < -0.4 is 5.73 Å². The lowest BCUT2D eigenvalue weighted by Gasteiger charge is -2.04. The second kappa shape index (κ2) is 4.64. The number of halogens is 1. The van der Waals surface area contributed by atoms with Crippen LogP contribution in [0.4, 0.5) is 0 Å². The summed E-state index contributed by atoms with van der Waals surface area (Å²) in [6, 6.07) is -0.265. The lowest BCUT2D eigenvalue weighted by Crippen LogP contribution is -2.28. The zero-order valence-electron chi connectivity index (χ0n) is 6.90. The van der Waals surface area contributed by atoms with Gasteiger partial charge in [-0.25, -0.2) is 0 Å². The van der Waals surface area contributed by atoms with Crippen LogP contribution in [0.3, 0.4) is 0 Å². The fourth-order valence-electron chi connectivity index (χ4n) is 1.41. The maximum Gasteiger partial charge on any atom is 0.308 e. The Labute approximate surface area is 77.5 Å². The van der Waals surface area contributed by atoms with Gasteiger partial charge in [0.25, 0.3) is 0 Å². The Morgan fingerprint density at radius 1 is 1.58 bits per heavy atom. The molecule has 1 rings (SSSR count). The van der Waals surface area contributed by atoms with Crippen molar-refractivity contribution in [1.82, 2.24) is 0 Å². The maximum atomic E-state index is 10.9. The van der Waals surface area contributed by atoms with Crippen LogP contribution in [-0.2, 0) is 9.53 Å². The third kappa shape index (κ3) is 2.33. The Balaban J connectivity index is 0.00000121. The molecule has 0 aromatic heterocycles. The van der Waals surface area contributed by atoms with Gasteiger partial charge in [0.2, 0.25) is 0 Å². The average Bonchev–Trinajstić information content (AvgIpc) is 2.31. The standard InChI is InChI=1S/C7H13NO3.ClH/c1-11-7(10)4-2-5(8)6(9)3-4;/h4-6,9H,2-3,8H2,1H3;1H/t4-,5+,6-;/m0./s1. The quantitative estimate of drug-likeness (QED) is 0.563. The molecular formula is C7H14ClNO3. The van der Waals surface area contributed by atoms with Crippen molar-refractivity contribution in [3.8, 4) is 0 Å². The molecule has 0 aliphatic heterocycles. The zero-order chi connectivity index (χ0) is 8.43. The molecule has 12 heavy (non-hydrogen) atoms. The van der Waals surface area contributed by atoms with Crippen LogP contribution in [0.25, 0.3) is 0 Å². The topological polar surface area (TPSA) is 72.5 Å². The van der Waals surface area contributed by atoms with Crippen molar-refractivity contribution in [1.29, 1.82) is 0 Å². The molecule has 1 saturated carbocycles. The smallest absolute Gasteiger partial charge is 0.308 e. The summed E-state index contributed by atoms with van der Waals surface area (Å²) in [6.07, 6.45) is 0.431. The number of carbonyl (C=O) groups is 1. The van der Waals surface area contributed by atoms with Crippen LogP contribution in [0.1, 0.15) is 12.8 Å². The normalized spacial score (nSPS) is 34.1. The van der Waals surface area contributed by atoms with Crippen molar-refractivity contribution in [2.45, 2.75) is 25.0 Å². The molecule has 0 aromatic rings. The van der Waals surface area contributed by atoms with E-state index in [0.717, 1.165) is 0 Å². The number of ether oxygens (including phenoxy) is 1. The fourth-order valence-corrected chi connectivity index (χ4v) is 1.41. The molecule has 72 valence electrons. The van der Waals surface area contributed by atoms with Crippen molar-refractivity contribution in [3.05, 3.63) is 0 Å². The number of hydrogen-bond donors (Lipinski definition) is 2. The van der Waals surface area contributed by atoms with Crippen LogP contribution in [0.15, 0.2) is 0 Å². The van der Waals surface area contributed by atoms with Gasteiger partial charge in [-0.1, -0.05) is 0 Å². The minimum Gasteiger partial charge on any atom is -0.469 e. The molecule has 1 aliphatic carbocycles. The molecule has 0 unspecified atom stereocenters. The largest absolute Gasteiger partial charge is 0.469 e. The SMILES string of the molecule is COC(=O)[C@H]1C[C@@H](N)[C@@H](O)C1.Cl. The third-order valence-electron chi connectivity index (χ3n) is 2.11. The van der Waals surface area contributed by atoms with Gasteiger partial charge >= 0.3 is 5.97 Å². The van der Waals surface area contributed by atoms with E-state index in [-0.39, 0.29) is 30.3 Å². The zero-order valence-corrected chi connectivity index (χ0v) is 7.71. The maximum absolute atomic E-state index is 10.9. The average molecular weight is 196 g/mol. The monoisotopic (exact) mass is 195 g/mol. The van der Waals surface area contributed by atoms with E-state index in [1.54, 1.807) is 0 Å². The summed E-state index contributed by atoms with van der Waals surface area (Å²) in [4.78, 5) is 10.9. The van der Waals surface area contributed by atoms with Crippen molar-refractivity contribution < 1.29 is 14.6 Å². The number of nitrogens with two attached hydrogens (primary N) is 1. The molecule has 3 N–H and O–H groups in total. The molecule has 3 atom stereocenters. The highest BCUT2D eigenvalue weighted by Gasteiger charge is 2.35. The number of rotatable bonds is 1. The van der Waals surface area contributed by atoms with Gasteiger partial charge in [-0.2, -0.15) is 0 Å². The Morgan fingerprint density at radius 3 is 2.50 bits per heavy atom. The lowest BCUT2D eigenvalue weighted by atomic mass is 10.1. The van der Waals surface area contributed by atoms with E-state index in [9.17, 15) is 9.90 Å². The molecule has 5 heteroatoms. The number of methoxy groups -OCH3 is 1. The Hall–Kier alpha value is -0.320. The van der Waals surface area contributed by atoms with E-state index in [2.05, 4.69) is 4.74 Å². The van der Waals surface area contributed by atoms with Gasteiger partial charge in [-0.15, -0.1) is 12.4 Å². The minimum atomic E-state index is -0.543. The summed E-state index contributed by atoms with van der Waals surface area (Å²) in [7, 11) is 1.35. The molecule has 0 heterocycles. The molecule has 0 saturated heterocycles. The van der Waals surface area contributed by atoms with E-state index in [4.69, 9.17) is 5.73 Å². The van der Waals surface area contributed by atoms with Gasteiger partial charge in [0.15, 0.2) is 0 Å². The highest BCUT2D eigenvalue weighted by Crippen LogP contribution is 2.25. The molecule has 0 amide bonds. The summed E-state index contributed by atoms with van der Waals surface area (Å²) >= 11 is 0. The van der Waals surface area contributed by atoms with E-state index < -0.39 is 6.10 Å². The van der Waals surface area contributed by atoms with Crippen molar-refractivity contribution in [2.24, 2.45) is 11.7 Å². The van der Waals surface area contributed by atoms with Crippen molar-refractivity contribution in [2.75, 3.05) is 7.11 Å². The Kier molecular flexibility index (Phi) is 4.52. The number of esters is 1. The van der Waals surface area contributed by atoms with E-state index in [1.807, 2.05) is 0 Å². The first-order chi connectivity index (χ1) is 5.15. The Morgan fingerprint density at radius 2 is 2.17 bits per heavy atom. The van der Waals surface area contributed by atoms with Crippen LogP contribution in [-0.4, -0.2) is 30.3 Å². The predicted molar refractivity (Wildman–Crippen MR) is 46.0 cm³/mol. The van der Waals surface area contributed by atoms with Crippen molar-refractivity contribution in [3.63, 3.8) is 0 Å². The van der Waals surface area contributed by atoms with Crippen LogP contribution in [0.5, 0.6) is 0 Å². The lowest BCUT2D eigenvalue weighted by molar-refractivity contribution is -0.145. The molecule has 1 fully saturated rings. The van der Waals surface area contributed by atoms with E-state index in [1.165, 1.54) is 7.11 Å². The number of aliphatic hydroxyl groups excluding tert-OH is 1. The van der Waals surface area contributed by atoms with Crippen LogP contribution >= 0.6 is 12.4 Å². The summed E-state index contributed by atoms with van der Waals surface area (Å²) in [5.74, 6) is -0.470. The fraction of sp³-hybridized carbons (Fsp3) is 0.857. The van der Waals surface area contributed by atoms with E-state index in [0.29, 0.717) is 12.8 Å². The van der Waals surface area contributed by atoms with Gasteiger partial charge < -0.3 is 15.6 Å². The molecule has 0 spiro atoms. The summed E-state index contributed by atoms with van der Waals surface area (Å²) in [5, 5.41) is 9.18. The second-order valence-corrected chi connectivity index (χ2v) is 2.92. The molecule has 0 aromatic carbocycles. The molecular weight excluding hydrogens is 182 g/mol. The van der Waals surface area contributed by atoms with Gasteiger partial charge in [-0.05, 0) is 12.8 Å².